The van der Waals surface area contributed by atoms with Crippen molar-refractivity contribution < 1.29 is 14.0 Å². The van der Waals surface area contributed by atoms with Gasteiger partial charge >= 0.3 is 0 Å². The number of rotatable bonds is 2. The third-order valence-corrected chi connectivity index (χ3v) is 2.14. The van der Waals surface area contributed by atoms with Gasteiger partial charge in [-0.05, 0) is 20.3 Å². The summed E-state index contributed by atoms with van der Waals surface area (Å²) in [5.74, 6) is -0.645. The maximum absolute atomic E-state index is 13.1. The van der Waals surface area contributed by atoms with Crippen molar-refractivity contribution in [1.29, 1.82) is 0 Å². The van der Waals surface area contributed by atoms with Crippen molar-refractivity contribution >= 4 is 11.8 Å². The van der Waals surface area contributed by atoms with Gasteiger partial charge in [0.15, 0.2) is 5.67 Å². The molecule has 1 fully saturated rings. The quantitative estimate of drug-likeness (QED) is 0.668. The standard InChI is InChI=1S/C9H15FN2O2/c1-9(2,10)8(14)12-6-3-4-7(13)11-5-6/h6H,3-5H2,1-2H3,(H,11,13)(H,12,14). The zero-order chi connectivity index (χ0) is 10.8. The molecule has 0 aromatic rings. The molecule has 14 heavy (non-hydrogen) atoms. The van der Waals surface area contributed by atoms with E-state index in [1.54, 1.807) is 0 Å². The van der Waals surface area contributed by atoms with E-state index < -0.39 is 11.6 Å². The molecule has 0 aromatic heterocycles. The van der Waals surface area contributed by atoms with E-state index in [0.717, 1.165) is 0 Å². The number of carbonyl (C=O) groups is 2. The third-order valence-electron chi connectivity index (χ3n) is 2.14. The zero-order valence-corrected chi connectivity index (χ0v) is 8.39. The van der Waals surface area contributed by atoms with Gasteiger partial charge in [-0.25, -0.2) is 4.39 Å². The van der Waals surface area contributed by atoms with Gasteiger partial charge in [0, 0.05) is 19.0 Å². The second-order valence-corrected chi connectivity index (χ2v) is 3.99. The van der Waals surface area contributed by atoms with E-state index in [2.05, 4.69) is 10.6 Å². The van der Waals surface area contributed by atoms with E-state index in [-0.39, 0.29) is 11.9 Å². The average Bonchev–Trinajstić information content (AvgIpc) is 2.07. The lowest BCUT2D eigenvalue weighted by molar-refractivity contribution is -0.132. The molecule has 1 atom stereocenters. The van der Waals surface area contributed by atoms with E-state index in [4.69, 9.17) is 0 Å². The molecule has 1 saturated heterocycles. The molecule has 4 nitrogen and oxygen atoms in total. The van der Waals surface area contributed by atoms with Gasteiger partial charge in [-0.15, -0.1) is 0 Å². The minimum Gasteiger partial charge on any atom is -0.354 e. The van der Waals surface area contributed by atoms with E-state index in [1.165, 1.54) is 13.8 Å². The van der Waals surface area contributed by atoms with Crippen LogP contribution in [-0.2, 0) is 9.59 Å². The normalized spacial score (nSPS) is 22.8. The summed E-state index contributed by atoms with van der Waals surface area (Å²) >= 11 is 0. The first-order valence-electron chi connectivity index (χ1n) is 4.66. The van der Waals surface area contributed by atoms with Crippen molar-refractivity contribution in [2.24, 2.45) is 0 Å². The summed E-state index contributed by atoms with van der Waals surface area (Å²) < 4.78 is 13.1. The molecule has 2 amide bonds. The van der Waals surface area contributed by atoms with E-state index in [1.807, 2.05) is 0 Å². The Labute approximate surface area is 82.2 Å². The molecule has 0 aromatic carbocycles. The van der Waals surface area contributed by atoms with E-state index in [9.17, 15) is 14.0 Å². The Bertz CT molecular complexity index is 238. The molecule has 80 valence electrons. The number of hydrogen-bond donors (Lipinski definition) is 2. The maximum Gasteiger partial charge on any atom is 0.257 e. The van der Waals surface area contributed by atoms with Gasteiger partial charge in [-0.3, -0.25) is 9.59 Å². The van der Waals surface area contributed by atoms with Crippen LogP contribution < -0.4 is 10.6 Å². The van der Waals surface area contributed by atoms with Crippen molar-refractivity contribution in [1.82, 2.24) is 10.6 Å². The molecule has 1 aliphatic rings. The van der Waals surface area contributed by atoms with Gasteiger partial charge in [-0.1, -0.05) is 0 Å². The Balaban J connectivity index is 2.38. The molecule has 1 heterocycles. The number of alkyl halides is 1. The highest BCUT2D eigenvalue weighted by Crippen LogP contribution is 2.10. The molecule has 0 bridgehead atoms. The SMILES string of the molecule is CC(C)(F)C(=O)NC1CCC(=O)NC1. The largest absolute Gasteiger partial charge is 0.354 e. The second kappa shape index (κ2) is 3.94. The number of hydrogen-bond acceptors (Lipinski definition) is 2. The monoisotopic (exact) mass is 202 g/mol. The van der Waals surface area contributed by atoms with Gasteiger partial charge in [0.25, 0.3) is 5.91 Å². The van der Waals surface area contributed by atoms with Gasteiger partial charge in [0.2, 0.25) is 5.91 Å². The van der Waals surface area contributed by atoms with E-state index in [0.29, 0.717) is 19.4 Å². The summed E-state index contributed by atoms with van der Waals surface area (Å²) in [6.45, 7) is 2.81. The van der Waals surface area contributed by atoms with E-state index >= 15 is 0 Å². The second-order valence-electron chi connectivity index (χ2n) is 3.99. The van der Waals surface area contributed by atoms with Crippen LogP contribution in [0.25, 0.3) is 0 Å². The summed E-state index contributed by atoms with van der Waals surface area (Å²) in [5, 5.41) is 5.16. The lowest BCUT2D eigenvalue weighted by atomic mass is 10.1. The smallest absolute Gasteiger partial charge is 0.257 e. The van der Waals surface area contributed by atoms with Gasteiger partial charge < -0.3 is 10.6 Å². The van der Waals surface area contributed by atoms with Crippen LogP contribution in [0.15, 0.2) is 0 Å². The van der Waals surface area contributed by atoms with Crippen molar-refractivity contribution in [3.63, 3.8) is 0 Å². The molecule has 1 unspecified atom stereocenters. The summed E-state index contributed by atoms with van der Waals surface area (Å²) in [5.41, 5.74) is -1.86. The van der Waals surface area contributed by atoms with Gasteiger partial charge in [0.1, 0.15) is 0 Å². The Morgan fingerprint density at radius 1 is 1.64 bits per heavy atom. The number of amides is 2. The number of carbonyl (C=O) groups excluding carboxylic acids is 2. The summed E-state index contributed by atoms with van der Waals surface area (Å²) in [6, 6.07) is -0.143. The predicted molar refractivity (Wildman–Crippen MR) is 49.4 cm³/mol. The molecular weight excluding hydrogens is 187 g/mol. The molecule has 0 radical (unpaired) electrons. The first-order chi connectivity index (χ1) is 6.39. The van der Waals surface area contributed by atoms with Crippen LogP contribution in [-0.4, -0.2) is 30.1 Å². The molecule has 0 spiro atoms. The maximum atomic E-state index is 13.1. The topological polar surface area (TPSA) is 58.2 Å². The Hall–Kier alpha value is -1.13. The highest BCUT2D eigenvalue weighted by molar-refractivity contribution is 5.84. The number of halogens is 1. The van der Waals surface area contributed by atoms with Crippen molar-refractivity contribution in [2.75, 3.05) is 6.54 Å². The van der Waals surface area contributed by atoms with Crippen molar-refractivity contribution in [2.45, 2.75) is 38.4 Å². The fourth-order valence-corrected chi connectivity index (χ4v) is 1.21. The first kappa shape index (κ1) is 10.9. The lowest BCUT2D eigenvalue weighted by Crippen LogP contribution is -2.51. The highest BCUT2D eigenvalue weighted by Gasteiger charge is 2.29. The summed E-state index contributed by atoms with van der Waals surface area (Å²) in [6.07, 6.45) is 0.964. The van der Waals surface area contributed by atoms with Crippen LogP contribution in [0.5, 0.6) is 0 Å². The van der Waals surface area contributed by atoms with Crippen LogP contribution >= 0.6 is 0 Å². The Kier molecular flexibility index (Phi) is 3.08. The molecule has 0 saturated carbocycles. The van der Waals surface area contributed by atoms with Crippen LogP contribution in [0.1, 0.15) is 26.7 Å². The van der Waals surface area contributed by atoms with Crippen molar-refractivity contribution in [3.8, 4) is 0 Å². The fraction of sp³-hybridized carbons (Fsp3) is 0.778. The highest BCUT2D eigenvalue weighted by atomic mass is 19.1. The molecule has 2 N–H and O–H groups in total. The van der Waals surface area contributed by atoms with Crippen LogP contribution in [0.3, 0.4) is 0 Å². The lowest BCUT2D eigenvalue weighted by Gasteiger charge is -2.25. The molecule has 1 rings (SSSR count). The summed E-state index contributed by atoms with van der Waals surface area (Å²) in [7, 11) is 0. The van der Waals surface area contributed by atoms with Crippen LogP contribution in [0.2, 0.25) is 0 Å². The summed E-state index contributed by atoms with van der Waals surface area (Å²) in [4.78, 5) is 22.0. The van der Waals surface area contributed by atoms with Gasteiger partial charge in [0.05, 0.1) is 0 Å². The fourth-order valence-electron chi connectivity index (χ4n) is 1.21. The first-order valence-corrected chi connectivity index (χ1v) is 4.66. The average molecular weight is 202 g/mol. The minimum atomic E-state index is -1.86. The number of piperidine rings is 1. The molecule has 1 aliphatic heterocycles. The van der Waals surface area contributed by atoms with Gasteiger partial charge in [-0.2, -0.15) is 0 Å². The van der Waals surface area contributed by atoms with Crippen LogP contribution in [0.4, 0.5) is 4.39 Å². The minimum absolute atomic E-state index is 0.0185. The third kappa shape index (κ3) is 2.97. The Morgan fingerprint density at radius 3 is 2.71 bits per heavy atom. The van der Waals surface area contributed by atoms with Crippen molar-refractivity contribution in [3.05, 3.63) is 0 Å². The molecule has 0 aliphatic carbocycles. The molecular formula is C9H15FN2O2. The molecule has 5 heteroatoms. The predicted octanol–water partition coefficient (Wildman–Crippen LogP) is 0.129. The van der Waals surface area contributed by atoms with Crippen LogP contribution in [0, 0.1) is 0 Å². The number of nitrogens with one attached hydrogen (secondary N) is 2. The Morgan fingerprint density at radius 2 is 2.29 bits per heavy atom. The zero-order valence-electron chi connectivity index (χ0n) is 8.39.